The van der Waals surface area contributed by atoms with E-state index in [2.05, 4.69) is 40.3 Å². The van der Waals surface area contributed by atoms with E-state index in [0.29, 0.717) is 0 Å². The van der Waals surface area contributed by atoms with Crippen LogP contribution in [0, 0.1) is 0 Å². The van der Waals surface area contributed by atoms with Crippen LogP contribution in [0.15, 0.2) is 38.7 Å². The van der Waals surface area contributed by atoms with Gasteiger partial charge in [0.25, 0.3) is 0 Å². The highest BCUT2D eigenvalue weighted by molar-refractivity contribution is 9.11. The molecular weight excluding hydrogens is 274 g/mol. The summed E-state index contributed by atoms with van der Waals surface area (Å²) in [6.45, 7) is 2.97. The lowest BCUT2D eigenvalue weighted by molar-refractivity contribution is 0.431. The molecule has 2 aromatic rings. The highest BCUT2D eigenvalue weighted by atomic mass is 79.9. The van der Waals surface area contributed by atoms with Gasteiger partial charge < -0.3 is 9.73 Å². The van der Waals surface area contributed by atoms with Crippen molar-refractivity contribution in [3.63, 3.8) is 0 Å². The van der Waals surface area contributed by atoms with Crippen molar-refractivity contribution in [1.82, 2.24) is 5.32 Å². The molecule has 0 aliphatic heterocycles. The molecule has 0 aliphatic rings. The van der Waals surface area contributed by atoms with Crippen LogP contribution in [-0.2, 0) is 6.54 Å². The first-order valence-corrected chi connectivity index (χ1v) is 6.37. The minimum absolute atomic E-state index is 0.251. The summed E-state index contributed by atoms with van der Waals surface area (Å²) in [4.78, 5) is 1.32. The van der Waals surface area contributed by atoms with Crippen molar-refractivity contribution in [3.8, 4) is 0 Å². The average Bonchev–Trinajstić information content (AvgIpc) is 2.84. The fraction of sp³-hybridized carbons (Fsp3) is 0.273. The number of halogens is 1. The maximum absolute atomic E-state index is 5.32. The van der Waals surface area contributed by atoms with E-state index in [1.807, 2.05) is 12.1 Å². The van der Waals surface area contributed by atoms with E-state index in [0.717, 1.165) is 12.3 Å². The van der Waals surface area contributed by atoms with Gasteiger partial charge in [-0.25, -0.2) is 0 Å². The van der Waals surface area contributed by atoms with E-state index >= 15 is 0 Å². The van der Waals surface area contributed by atoms with Crippen LogP contribution in [0.3, 0.4) is 0 Å². The predicted octanol–water partition coefficient (Wildman–Crippen LogP) is 3.95. The number of furan rings is 1. The van der Waals surface area contributed by atoms with Gasteiger partial charge in [-0.3, -0.25) is 0 Å². The van der Waals surface area contributed by atoms with Gasteiger partial charge in [0, 0.05) is 11.4 Å². The van der Waals surface area contributed by atoms with Crippen LogP contribution in [-0.4, -0.2) is 0 Å². The van der Waals surface area contributed by atoms with Gasteiger partial charge in [0.05, 0.1) is 16.1 Å². The molecule has 1 N–H and O–H groups in total. The minimum atomic E-state index is 0.251. The molecule has 0 saturated heterocycles. The lowest BCUT2D eigenvalue weighted by Gasteiger charge is -2.09. The van der Waals surface area contributed by atoms with Crippen molar-refractivity contribution in [2.75, 3.05) is 0 Å². The smallest absolute Gasteiger partial charge is 0.120 e. The molecule has 0 radical (unpaired) electrons. The summed E-state index contributed by atoms with van der Waals surface area (Å²) in [6, 6.07) is 8.34. The summed E-state index contributed by atoms with van der Waals surface area (Å²) < 4.78 is 6.49. The minimum Gasteiger partial charge on any atom is -0.468 e. The molecule has 0 aromatic carbocycles. The van der Waals surface area contributed by atoms with Crippen LogP contribution < -0.4 is 5.32 Å². The standard InChI is InChI=1S/C11H12BrNOS/c1-8(10-3-2-6-14-10)13-7-9-4-5-11(12)15-9/h2-6,8,13H,7H2,1H3/t8-/m1/s1. The van der Waals surface area contributed by atoms with Crippen molar-refractivity contribution in [1.29, 1.82) is 0 Å². The second kappa shape index (κ2) is 4.96. The summed E-state index contributed by atoms with van der Waals surface area (Å²) in [5, 5.41) is 3.41. The zero-order valence-electron chi connectivity index (χ0n) is 8.37. The third-order valence-electron chi connectivity index (χ3n) is 2.18. The molecule has 0 unspecified atom stereocenters. The van der Waals surface area contributed by atoms with Gasteiger partial charge >= 0.3 is 0 Å². The van der Waals surface area contributed by atoms with Crippen LogP contribution in [0.25, 0.3) is 0 Å². The third-order valence-corrected chi connectivity index (χ3v) is 3.80. The molecule has 4 heteroatoms. The summed E-state index contributed by atoms with van der Waals surface area (Å²) >= 11 is 5.20. The molecule has 2 aromatic heterocycles. The monoisotopic (exact) mass is 285 g/mol. The molecule has 2 heterocycles. The van der Waals surface area contributed by atoms with E-state index in [1.165, 1.54) is 8.66 Å². The Morgan fingerprint density at radius 3 is 2.93 bits per heavy atom. The molecule has 0 amide bonds. The number of nitrogens with one attached hydrogen (secondary N) is 1. The van der Waals surface area contributed by atoms with Crippen LogP contribution in [0.4, 0.5) is 0 Å². The number of rotatable bonds is 4. The van der Waals surface area contributed by atoms with Crippen LogP contribution >= 0.6 is 27.3 Å². The SMILES string of the molecule is C[C@@H](NCc1ccc(Br)s1)c1ccco1. The van der Waals surface area contributed by atoms with Gasteiger partial charge in [-0.2, -0.15) is 0 Å². The predicted molar refractivity (Wildman–Crippen MR) is 66.0 cm³/mol. The Bertz CT molecular complexity index is 410. The first-order chi connectivity index (χ1) is 7.25. The molecule has 80 valence electrons. The van der Waals surface area contributed by atoms with E-state index in [1.54, 1.807) is 17.6 Å². The molecule has 2 nitrogen and oxygen atoms in total. The zero-order chi connectivity index (χ0) is 10.7. The summed E-state index contributed by atoms with van der Waals surface area (Å²) in [7, 11) is 0. The molecule has 15 heavy (non-hydrogen) atoms. The molecule has 0 spiro atoms. The fourth-order valence-corrected chi connectivity index (χ4v) is 2.77. The Hall–Kier alpha value is -0.580. The van der Waals surface area contributed by atoms with Crippen molar-refractivity contribution in [2.24, 2.45) is 0 Å². The fourth-order valence-electron chi connectivity index (χ4n) is 1.34. The van der Waals surface area contributed by atoms with Gasteiger partial charge in [-0.05, 0) is 47.1 Å². The first-order valence-electron chi connectivity index (χ1n) is 4.76. The van der Waals surface area contributed by atoms with Crippen LogP contribution in [0.5, 0.6) is 0 Å². The Morgan fingerprint density at radius 2 is 2.33 bits per heavy atom. The van der Waals surface area contributed by atoms with Crippen LogP contribution in [0.1, 0.15) is 23.6 Å². The Kier molecular flexibility index (Phi) is 3.61. The van der Waals surface area contributed by atoms with Gasteiger partial charge in [-0.1, -0.05) is 0 Å². The number of hydrogen-bond donors (Lipinski definition) is 1. The lowest BCUT2D eigenvalue weighted by Crippen LogP contribution is -2.16. The van der Waals surface area contributed by atoms with Crippen molar-refractivity contribution in [3.05, 3.63) is 45.0 Å². The second-order valence-corrected chi connectivity index (χ2v) is 5.87. The largest absolute Gasteiger partial charge is 0.468 e. The quantitative estimate of drug-likeness (QED) is 0.920. The van der Waals surface area contributed by atoms with Gasteiger partial charge in [0.15, 0.2) is 0 Å². The Balaban J connectivity index is 1.88. The Morgan fingerprint density at radius 1 is 1.47 bits per heavy atom. The maximum Gasteiger partial charge on any atom is 0.120 e. The summed E-state index contributed by atoms with van der Waals surface area (Å²) in [5.74, 6) is 0.977. The molecule has 2 rings (SSSR count). The van der Waals surface area contributed by atoms with Crippen molar-refractivity contribution < 1.29 is 4.42 Å². The molecule has 0 aliphatic carbocycles. The van der Waals surface area contributed by atoms with Crippen molar-refractivity contribution >= 4 is 27.3 Å². The zero-order valence-corrected chi connectivity index (χ0v) is 10.8. The number of hydrogen-bond acceptors (Lipinski definition) is 3. The molecule has 0 fully saturated rings. The second-order valence-electron chi connectivity index (χ2n) is 3.32. The van der Waals surface area contributed by atoms with E-state index in [-0.39, 0.29) is 6.04 Å². The van der Waals surface area contributed by atoms with E-state index < -0.39 is 0 Å². The lowest BCUT2D eigenvalue weighted by atomic mass is 10.2. The van der Waals surface area contributed by atoms with E-state index in [4.69, 9.17) is 4.42 Å². The molecule has 0 saturated carbocycles. The Labute approximate surface area is 101 Å². The van der Waals surface area contributed by atoms with Gasteiger partial charge in [-0.15, -0.1) is 11.3 Å². The molecular formula is C11H12BrNOS. The highest BCUT2D eigenvalue weighted by Crippen LogP contribution is 2.22. The third kappa shape index (κ3) is 2.93. The molecule has 0 bridgehead atoms. The van der Waals surface area contributed by atoms with Gasteiger partial charge in [0.2, 0.25) is 0 Å². The normalized spacial score (nSPS) is 12.9. The first kappa shape index (κ1) is 10.9. The summed E-state index contributed by atoms with van der Waals surface area (Å²) in [6.07, 6.45) is 1.70. The molecule has 1 atom stereocenters. The van der Waals surface area contributed by atoms with Gasteiger partial charge in [0.1, 0.15) is 5.76 Å². The average molecular weight is 286 g/mol. The maximum atomic E-state index is 5.32. The summed E-state index contributed by atoms with van der Waals surface area (Å²) in [5.41, 5.74) is 0. The topological polar surface area (TPSA) is 25.2 Å². The van der Waals surface area contributed by atoms with E-state index in [9.17, 15) is 0 Å². The van der Waals surface area contributed by atoms with Crippen LogP contribution in [0.2, 0.25) is 0 Å². The number of thiophene rings is 1. The highest BCUT2D eigenvalue weighted by Gasteiger charge is 2.07. The van der Waals surface area contributed by atoms with Crippen molar-refractivity contribution in [2.45, 2.75) is 19.5 Å².